The lowest BCUT2D eigenvalue weighted by molar-refractivity contribution is 0.311. The van der Waals surface area contributed by atoms with Crippen molar-refractivity contribution in [2.75, 3.05) is 19.6 Å². The first-order valence-corrected chi connectivity index (χ1v) is 9.77. The van der Waals surface area contributed by atoms with Gasteiger partial charge < -0.3 is 10.2 Å². The van der Waals surface area contributed by atoms with E-state index in [1.165, 1.54) is 82.3 Å². The summed E-state index contributed by atoms with van der Waals surface area (Å²) in [7, 11) is 2.07. The highest BCUT2D eigenvalue weighted by Gasteiger charge is 2.34. The first kappa shape index (κ1) is 15.6. The molecule has 4 rings (SSSR count). The second kappa shape index (κ2) is 6.94. The molecule has 3 aliphatic rings. The van der Waals surface area contributed by atoms with Crippen LogP contribution in [0.25, 0.3) is 0 Å². The maximum Gasteiger partial charge on any atom is 0.0700 e. The maximum absolute atomic E-state index is 4.80. The number of likely N-dealkylation sites (tertiary alicyclic amines) is 1. The molecule has 0 bridgehead atoms. The van der Waals surface area contributed by atoms with Crippen LogP contribution in [0.4, 0.5) is 0 Å². The van der Waals surface area contributed by atoms with Crippen molar-refractivity contribution in [2.45, 2.75) is 69.9 Å². The van der Waals surface area contributed by atoms with Gasteiger partial charge in [-0.2, -0.15) is 5.10 Å². The molecule has 1 N–H and O–H groups in total. The van der Waals surface area contributed by atoms with E-state index in [1.54, 1.807) is 0 Å². The van der Waals surface area contributed by atoms with Gasteiger partial charge in [0.2, 0.25) is 0 Å². The Hall–Kier alpha value is -0.870. The highest BCUT2D eigenvalue weighted by molar-refractivity contribution is 5.21. The van der Waals surface area contributed by atoms with Crippen LogP contribution in [0.15, 0.2) is 6.20 Å². The summed E-state index contributed by atoms with van der Waals surface area (Å²) >= 11 is 0. The van der Waals surface area contributed by atoms with Crippen molar-refractivity contribution in [1.82, 2.24) is 20.0 Å². The van der Waals surface area contributed by atoms with Gasteiger partial charge in [-0.15, -0.1) is 0 Å². The number of hydrogen-bond acceptors (Lipinski definition) is 3. The Bertz CT molecular complexity index is 513. The van der Waals surface area contributed by atoms with E-state index < -0.39 is 0 Å². The first-order valence-electron chi connectivity index (χ1n) is 9.77. The van der Waals surface area contributed by atoms with Gasteiger partial charge in [0.15, 0.2) is 0 Å². The molecule has 1 aromatic rings. The molecule has 2 saturated carbocycles. The molecule has 1 atom stereocenters. The van der Waals surface area contributed by atoms with Crippen molar-refractivity contribution < 1.29 is 0 Å². The number of rotatable bonds is 6. The third-order valence-electron chi connectivity index (χ3n) is 6.06. The average Bonchev–Trinajstić information content (AvgIpc) is 3.20. The van der Waals surface area contributed by atoms with Gasteiger partial charge in [-0.05, 0) is 51.1 Å². The minimum Gasteiger partial charge on any atom is -0.312 e. The van der Waals surface area contributed by atoms with Crippen LogP contribution in [0.5, 0.6) is 0 Å². The Kier molecular flexibility index (Phi) is 4.72. The van der Waals surface area contributed by atoms with Crippen LogP contribution < -0.4 is 5.32 Å². The van der Waals surface area contributed by atoms with Crippen molar-refractivity contribution in [3.05, 3.63) is 17.5 Å². The van der Waals surface area contributed by atoms with Gasteiger partial charge in [0.05, 0.1) is 5.69 Å². The molecule has 128 valence electrons. The fraction of sp³-hybridized carbons (Fsp3) is 0.842. The Morgan fingerprint density at radius 2 is 1.96 bits per heavy atom. The predicted octanol–water partition coefficient (Wildman–Crippen LogP) is 3.04. The Labute approximate surface area is 140 Å². The van der Waals surface area contributed by atoms with Crippen LogP contribution in [0.1, 0.15) is 68.5 Å². The number of nitrogens with zero attached hydrogens (tertiary/aromatic N) is 3. The molecule has 23 heavy (non-hydrogen) atoms. The molecule has 2 heterocycles. The quantitative estimate of drug-likeness (QED) is 0.876. The Morgan fingerprint density at radius 1 is 1.13 bits per heavy atom. The van der Waals surface area contributed by atoms with Gasteiger partial charge in [0.25, 0.3) is 0 Å². The molecule has 0 radical (unpaired) electrons. The lowest BCUT2D eigenvalue weighted by Gasteiger charge is -2.21. The number of aryl methyl sites for hydroxylation is 1. The van der Waals surface area contributed by atoms with Crippen LogP contribution in [0.2, 0.25) is 0 Å². The van der Waals surface area contributed by atoms with E-state index in [-0.39, 0.29) is 0 Å². The van der Waals surface area contributed by atoms with Crippen LogP contribution in [-0.4, -0.2) is 40.4 Å². The molecule has 1 unspecified atom stereocenters. The second-order valence-electron chi connectivity index (χ2n) is 8.06. The molecule has 1 aromatic heterocycles. The first-order chi connectivity index (χ1) is 11.3. The standard InChI is InChI=1S/C19H32N4/c1-22-14-17(19(21-22)16-5-3-2-4-6-16)12-20-11-15-9-10-23(13-15)18-7-8-18/h14-16,18,20H,2-13H2,1H3. The summed E-state index contributed by atoms with van der Waals surface area (Å²) in [5.41, 5.74) is 2.82. The highest BCUT2D eigenvalue weighted by Crippen LogP contribution is 2.34. The highest BCUT2D eigenvalue weighted by atomic mass is 15.3. The van der Waals surface area contributed by atoms with Crippen molar-refractivity contribution in [3.8, 4) is 0 Å². The van der Waals surface area contributed by atoms with Crippen LogP contribution in [0.3, 0.4) is 0 Å². The zero-order valence-electron chi connectivity index (χ0n) is 14.6. The molecule has 0 amide bonds. The molecule has 4 nitrogen and oxygen atoms in total. The van der Waals surface area contributed by atoms with E-state index in [1.807, 2.05) is 4.68 Å². The maximum atomic E-state index is 4.80. The monoisotopic (exact) mass is 316 g/mol. The second-order valence-corrected chi connectivity index (χ2v) is 8.06. The third kappa shape index (κ3) is 3.80. The summed E-state index contributed by atoms with van der Waals surface area (Å²) < 4.78 is 2.02. The largest absolute Gasteiger partial charge is 0.312 e. The van der Waals surface area contributed by atoms with Gasteiger partial charge >= 0.3 is 0 Å². The normalized spacial score (nSPS) is 26.9. The summed E-state index contributed by atoms with van der Waals surface area (Å²) in [4.78, 5) is 2.71. The third-order valence-corrected chi connectivity index (χ3v) is 6.06. The zero-order valence-corrected chi connectivity index (χ0v) is 14.6. The molecule has 3 fully saturated rings. The molecular weight excluding hydrogens is 284 g/mol. The van der Waals surface area contributed by atoms with E-state index in [0.29, 0.717) is 5.92 Å². The molecule has 0 aromatic carbocycles. The van der Waals surface area contributed by atoms with E-state index in [9.17, 15) is 0 Å². The van der Waals surface area contributed by atoms with Crippen molar-refractivity contribution in [2.24, 2.45) is 13.0 Å². The van der Waals surface area contributed by atoms with Crippen LogP contribution in [-0.2, 0) is 13.6 Å². The van der Waals surface area contributed by atoms with Gasteiger partial charge in [-0.3, -0.25) is 4.68 Å². The molecular formula is C19H32N4. The topological polar surface area (TPSA) is 33.1 Å². The summed E-state index contributed by atoms with van der Waals surface area (Å²) in [6, 6.07) is 0.941. The minimum atomic E-state index is 0.707. The van der Waals surface area contributed by atoms with Gasteiger partial charge in [0, 0.05) is 43.9 Å². The summed E-state index contributed by atoms with van der Waals surface area (Å²) in [6.45, 7) is 4.82. The smallest absolute Gasteiger partial charge is 0.0700 e. The minimum absolute atomic E-state index is 0.707. The van der Waals surface area contributed by atoms with Crippen LogP contribution >= 0.6 is 0 Å². The summed E-state index contributed by atoms with van der Waals surface area (Å²) in [6.07, 6.45) is 13.4. The summed E-state index contributed by atoms with van der Waals surface area (Å²) in [5.74, 6) is 1.56. The average molecular weight is 316 g/mol. The Morgan fingerprint density at radius 3 is 2.74 bits per heavy atom. The van der Waals surface area contributed by atoms with Crippen molar-refractivity contribution in [3.63, 3.8) is 0 Å². The Balaban J connectivity index is 1.28. The number of aromatic nitrogens is 2. The lowest BCUT2D eigenvalue weighted by Crippen LogP contribution is -2.27. The van der Waals surface area contributed by atoms with E-state index in [4.69, 9.17) is 5.10 Å². The fourth-order valence-electron chi connectivity index (χ4n) is 4.62. The fourth-order valence-corrected chi connectivity index (χ4v) is 4.62. The van der Waals surface area contributed by atoms with Gasteiger partial charge in [-0.1, -0.05) is 19.3 Å². The van der Waals surface area contributed by atoms with E-state index >= 15 is 0 Å². The zero-order chi connectivity index (χ0) is 15.6. The molecule has 4 heteroatoms. The van der Waals surface area contributed by atoms with Crippen LogP contribution in [0, 0.1) is 5.92 Å². The molecule has 1 saturated heterocycles. The number of nitrogens with one attached hydrogen (secondary N) is 1. The lowest BCUT2D eigenvalue weighted by atomic mass is 9.85. The van der Waals surface area contributed by atoms with Gasteiger partial charge in [-0.25, -0.2) is 0 Å². The SMILES string of the molecule is Cn1cc(CNCC2CCN(C3CC3)C2)c(C2CCCCC2)n1. The van der Waals surface area contributed by atoms with E-state index in [0.717, 1.165) is 18.5 Å². The molecule has 2 aliphatic carbocycles. The van der Waals surface area contributed by atoms with Crippen molar-refractivity contribution >= 4 is 0 Å². The van der Waals surface area contributed by atoms with Gasteiger partial charge in [0.1, 0.15) is 0 Å². The summed E-state index contributed by atoms with van der Waals surface area (Å²) in [5, 5.41) is 8.53. The number of hydrogen-bond donors (Lipinski definition) is 1. The van der Waals surface area contributed by atoms with E-state index in [2.05, 4.69) is 23.5 Å². The molecule has 1 aliphatic heterocycles. The molecule has 0 spiro atoms. The van der Waals surface area contributed by atoms with Crippen molar-refractivity contribution in [1.29, 1.82) is 0 Å². The predicted molar refractivity (Wildman–Crippen MR) is 93.4 cm³/mol.